The van der Waals surface area contributed by atoms with Crippen molar-refractivity contribution in [3.63, 3.8) is 0 Å². The Hall–Kier alpha value is -2.36. The molecule has 5 rings (SSSR count). The van der Waals surface area contributed by atoms with E-state index in [4.69, 9.17) is 9.47 Å². The minimum Gasteiger partial charge on any atom is -0.382 e. The maximum Gasteiger partial charge on any atom is 0.246 e. The smallest absolute Gasteiger partial charge is 0.246 e. The number of likely N-dealkylation sites (tertiary alicyclic amines) is 1. The third-order valence-electron chi connectivity index (χ3n) is 8.11. The van der Waals surface area contributed by atoms with E-state index in [-0.39, 0.29) is 23.8 Å². The molecule has 2 bridgehead atoms. The zero-order chi connectivity index (χ0) is 26.0. The van der Waals surface area contributed by atoms with Crippen LogP contribution in [0.1, 0.15) is 45.4 Å². The Morgan fingerprint density at radius 2 is 2.03 bits per heavy atom. The highest BCUT2D eigenvalue weighted by molar-refractivity contribution is 7.98. The molecule has 9 heteroatoms. The molecule has 2 N–H and O–H groups in total. The maximum atomic E-state index is 13.9. The second kappa shape index (κ2) is 11.2. The molecule has 1 saturated carbocycles. The van der Waals surface area contributed by atoms with Gasteiger partial charge in [-0.1, -0.05) is 37.5 Å². The number of thioether (sulfide) groups is 1. The fourth-order valence-electron chi connectivity index (χ4n) is 6.44. The van der Waals surface area contributed by atoms with Crippen molar-refractivity contribution in [1.82, 2.24) is 10.2 Å². The second-order valence-corrected chi connectivity index (χ2v) is 11.2. The number of fused-ring (bicyclic) bond motifs is 1. The zero-order valence-electron chi connectivity index (χ0n) is 21.6. The second-order valence-electron chi connectivity index (χ2n) is 10.3. The minimum absolute atomic E-state index is 0.113. The van der Waals surface area contributed by atoms with Crippen molar-refractivity contribution in [3.05, 3.63) is 36.4 Å². The molecular formula is C28H37N3O5S. The van der Waals surface area contributed by atoms with E-state index in [0.717, 1.165) is 30.6 Å². The van der Waals surface area contributed by atoms with Crippen LogP contribution >= 0.6 is 11.8 Å². The van der Waals surface area contributed by atoms with Gasteiger partial charge in [-0.15, -0.1) is 11.8 Å². The first-order valence-electron chi connectivity index (χ1n) is 13.5. The molecule has 0 unspecified atom stereocenters. The van der Waals surface area contributed by atoms with Gasteiger partial charge < -0.3 is 25.0 Å². The van der Waals surface area contributed by atoms with Gasteiger partial charge in [0, 0.05) is 36.4 Å². The molecule has 3 aliphatic heterocycles. The van der Waals surface area contributed by atoms with Crippen LogP contribution in [0.2, 0.25) is 0 Å². The van der Waals surface area contributed by atoms with Crippen molar-refractivity contribution >= 4 is 35.2 Å². The lowest BCUT2D eigenvalue weighted by Crippen LogP contribution is -2.56. The molecule has 0 radical (unpaired) electrons. The number of amides is 3. The van der Waals surface area contributed by atoms with Crippen LogP contribution in [0, 0.1) is 11.8 Å². The Kier molecular flexibility index (Phi) is 7.93. The van der Waals surface area contributed by atoms with E-state index in [1.54, 1.807) is 16.7 Å². The number of ether oxygens (including phenoxy) is 2. The SMILES string of the molecule is CCOCCCN1C(=O)[C@@H]2[C@@H](C(=O)Nc3cccc(SC)c3)[C@@H]3C=C[C@@]2(O3)[C@H]1C(=O)NC1CCCCC1. The van der Waals surface area contributed by atoms with Gasteiger partial charge in [-0.2, -0.15) is 0 Å². The van der Waals surface area contributed by atoms with Crippen molar-refractivity contribution in [2.24, 2.45) is 11.8 Å². The number of hydrogen-bond acceptors (Lipinski definition) is 6. The number of rotatable bonds is 10. The van der Waals surface area contributed by atoms with Crippen LogP contribution < -0.4 is 10.6 Å². The Morgan fingerprint density at radius 3 is 2.78 bits per heavy atom. The van der Waals surface area contributed by atoms with Gasteiger partial charge in [-0.25, -0.2) is 0 Å². The normalized spacial score (nSPS) is 30.5. The van der Waals surface area contributed by atoms with E-state index in [0.29, 0.717) is 31.9 Å². The predicted molar refractivity (Wildman–Crippen MR) is 142 cm³/mol. The van der Waals surface area contributed by atoms with Crippen LogP contribution in [0.4, 0.5) is 5.69 Å². The van der Waals surface area contributed by atoms with Crippen LogP contribution in [0.3, 0.4) is 0 Å². The minimum atomic E-state index is -1.13. The number of hydrogen-bond donors (Lipinski definition) is 2. The highest BCUT2D eigenvalue weighted by Gasteiger charge is 2.72. The summed E-state index contributed by atoms with van der Waals surface area (Å²) in [4.78, 5) is 43.9. The molecular weight excluding hydrogens is 490 g/mol. The van der Waals surface area contributed by atoms with Crippen LogP contribution in [-0.4, -0.2) is 72.4 Å². The van der Waals surface area contributed by atoms with Crippen molar-refractivity contribution in [2.45, 2.75) is 74.1 Å². The van der Waals surface area contributed by atoms with Crippen molar-refractivity contribution in [2.75, 3.05) is 31.3 Å². The van der Waals surface area contributed by atoms with E-state index < -0.39 is 29.6 Å². The zero-order valence-corrected chi connectivity index (χ0v) is 22.4. The number of anilines is 1. The number of nitrogens with one attached hydrogen (secondary N) is 2. The summed E-state index contributed by atoms with van der Waals surface area (Å²) in [6.45, 7) is 3.41. The third-order valence-corrected chi connectivity index (χ3v) is 8.83. The molecule has 1 aromatic rings. The molecule has 1 spiro atoms. The number of benzene rings is 1. The van der Waals surface area contributed by atoms with E-state index in [2.05, 4.69) is 10.6 Å². The highest BCUT2D eigenvalue weighted by Crippen LogP contribution is 2.55. The quantitative estimate of drug-likeness (QED) is 0.275. The lowest BCUT2D eigenvalue weighted by atomic mass is 9.74. The van der Waals surface area contributed by atoms with Gasteiger partial charge in [-0.05, 0) is 50.6 Å². The molecule has 3 fully saturated rings. The maximum absolute atomic E-state index is 13.9. The van der Waals surface area contributed by atoms with Crippen LogP contribution in [0.25, 0.3) is 0 Å². The molecule has 8 nitrogen and oxygen atoms in total. The largest absolute Gasteiger partial charge is 0.382 e. The lowest BCUT2D eigenvalue weighted by molar-refractivity contribution is -0.141. The van der Waals surface area contributed by atoms with Crippen LogP contribution in [0.15, 0.2) is 41.3 Å². The van der Waals surface area contributed by atoms with Crippen molar-refractivity contribution in [3.8, 4) is 0 Å². The summed E-state index contributed by atoms with van der Waals surface area (Å²) in [6, 6.07) is 6.95. The molecule has 200 valence electrons. The average Bonchev–Trinajstić information content (AvgIpc) is 3.54. The highest BCUT2D eigenvalue weighted by atomic mass is 32.2. The van der Waals surface area contributed by atoms with E-state index >= 15 is 0 Å². The van der Waals surface area contributed by atoms with Gasteiger partial charge in [0.2, 0.25) is 17.7 Å². The molecule has 2 saturated heterocycles. The average molecular weight is 528 g/mol. The third kappa shape index (κ3) is 4.93. The summed E-state index contributed by atoms with van der Waals surface area (Å²) in [5, 5.41) is 6.22. The first-order chi connectivity index (χ1) is 18.0. The first-order valence-corrected chi connectivity index (χ1v) is 14.7. The van der Waals surface area contributed by atoms with Gasteiger partial charge in [-0.3, -0.25) is 14.4 Å². The van der Waals surface area contributed by atoms with Crippen LogP contribution in [0.5, 0.6) is 0 Å². The first kappa shape index (κ1) is 26.3. The van der Waals surface area contributed by atoms with Gasteiger partial charge in [0.1, 0.15) is 11.6 Å². The molecule has 1 aromatic carbocycles. The topological polar surface area (TPSA) is 97.0 Å². The lowest BCUT2D eigenvalue weighted by Gasteiger charge is -2.34. The van der Waals surface area contributed by atoms with Gasteiger partial charge in [0.05, 0.1) is 17.9 Å². The monoisotopic (exact) mass is 527 g/mol. The Morgan fingerprint density at radius 1 is 1.22 bits per heavy atom. The van der Waals surface area contributed by atoms with E-state index in [1.807, 2.05) is 49.6 Å². The van der Waals surface area contributed by atoms with Gasteiger partial charge >= 0.3 is 0 Å². The Bertz CT molecular complexity index is 1060. The van der Waals surface area contributed by atoms with Gasteiger partial charge in [0.15, 0.2) is 0 Å². The summed E-state index contributed by atoms with van der Waals surface area (Å²) < 4.78 is 11.9. The molecule has 0 aromatic heterocycles. The fraction of sp³-hybridized carbons (Fsp3) is 0.607. The summed E-state index contributed by atoms with van der Waals surface area (Å²) in [6.07, 6.45) is 11.1. The molecule has 4 aliphatic rings. The van der Waals surface area contributed by atoms with Crippen molar-refractivity contribution < 1.29 is 23.9 Å². The van der Waals surface area contributed by atoms with Gasteiger partial charge in [0.25, 0.3) is 0 Å². The van der Waals surface area contributed by atoms with Crippen molar-refractivity contribution in [1.29, 1.82) is 0 Å². The van der Waals surface area contributed by atoms with Crippen LogP contribution in [-0.2, 0) is 23.9 Å². The molecule has 3 amide bonds. The summed E-state index contributed by atoms with van der Waals surface area (Å²) >= 11 is 1.60. The molecule has 37 heavy (non-hydrogen) atoms. The standard InChI is InChI=1S/C28H37N3O5S/c1-3-35-16-8-15-31-24(26(33)29-18-9-5-4-6-10-18)28-14-13-21(36-28)22(23(28)27(31)34)25(32)30-19-11-7-12-20(17-19)37-2/h7,11-14,17-18,21-24H,3-6,8-10,15-16H2,1-2H3,(H,29,33)(H,30,32)/t21-,22-,23-,24+,28-/m0/s1. The number of carbonyl (C=O) groups is 3. The Balaban J connectivity index is 1.40. The molecule has 3 heterocycles. The summed E-state index contributed by atoms with van der Waals surface area (Å²) in [5.41, 5.74) is -0.446. The van der Waals surface area contributed by atoms with E-state index in [9.17, 15) is 14.4 Å². The Labute approximate surface area is 222 Å². The van der Waals surface area contributed by atoms with E-state index in [1.165, 1.54) is 6.42 Å². The fourth-order valence-corrected chi connectivity index (χ4v) is 6.90. The molecule has 1 aliphatic carbocycles. The summed E-state index contributed by atoms with van der Waals surface area (Å²) in [7, 11) is 0. The summed E-state index contributed by atoms with van der Waals surface area (Å²) in [5.74, 6) is -2.06. The number of carbonyl (C=O) groups excluding carboxylic acids is 3. The predicted octanol–water partition coefficient (Wildman–Crippen LogP) is 3.37. The molecule has 5 atom stereocenters. The number of nitrogens with zero attached hydrogens (tertiary/aromatic N) is 1.